The summed E-state index contributed by atoms with van der Waals surface area (Å²) in [7, 11) is 0. The molecule has 1 unspecified atom stereocenters. The molecule has 3 nitrogen and oxygen atoms in total. The Labute approximate surface area is 126 Å². The topological polar surface area (TPSA) is 23.6 Å². The molecule has 1 amide bonds. The van der Waals surface area contributed by atoms with Crippen molar-refractivity contribution in [1.29, 1.82) is 0 Å². The van der Waals surface area contributed by atoms with Gasteiger partial charge in [0.2, 0.25) is 5.91 Å². The molecule has 1 aromatic carbocycles. The zero-order chi connectivity index (χ0) is 14.5. The predicted octanol–water partition coefficient (Wildman–Crippen LogP) is 3.35. The SMILES string of the molecule is CCN(CC)C(=O)CN1CCCC1c1ccccc1Cl. The van der Waals surface area contributed by atoms with E-state index in [2.05, 4.69) is 11.0 Å². The van der Waals surface area contributed by atoms with Gasteiger partial charge in [0.05, 0.1) is 6.54 Å². The van der Waals surface area contributed by atoms with Crippen LogP contribution in [-0.2, 0) is 4.79 Å². The van der Waals surface area contributed by atoms with E-state index in [-0.39, 0.29) is 11.9 Å². The summed E-state index contributed by atoms with van der Waals surface area (Å²) in [4.78, 5) is 16.4. The Balaban J connectivity index is 2.08. The molecular weight excluding hydrogens is 272 g/mol. The lowest BCUT2D eigenvalue weighted by Gasteiger charge is -2.28. The van der Waals surface area contributed by atoms with E-state index in [0.717, 1.165) is 43.1 Å². The molecule has 1 aliphatic heterocycles. The first kappa shape index (κ1) is 15.3. The van der Waals surface area contributed by atoms with Crippen LogP contribution < -0.4 is 0 Å². The molecule has 1 saturated heterocycles. The lowest BCUT2D eigenvalue weighted by atomic mass is 10.0. The molecule has 20 heavy (non-hydrogen) atoms. The highest BCUT2D eigenvalue weighted by molar-refractivity contribution is 6.31. The predicted molar refractivity (Wildman–Crippen MR) is 82.9 cm³/mol. The van der Waals surface area contributed by atoms with Gasteiger partial charge in [-0.05, 0) is 44.9 Å². The number of nitrogens with zero attached hydrogens (tertiary/aromatic N) is 2. The van der Waals surface area contributed by atoms with Crippen LogP contribution in [0.1, 0.15) is 38.3 Å². The maximum absolute atomic E-state index is 12.3. The fourth-order valence-electron chi connectivity index (χ4n) is 2.96. The summed E-state index contributed by atoms with van der Waals surface area (Å²) in [5, 5.41) is 0.805. The monoisotopic (exact) mass is 294 g/mol. The number of benzene rings is 1. The molecular formula is C16H23ClN2O. The number of carbonyl (C=O) groups excluding carboxylic acids is 1. The molecule has 0 aromatic heterocycles. The molecule has 1 heterocycles. The summed E-state index contributed by atoms with van der Waals surface area (Å²) in [5.74, 6) is 0.217. The summed E-state index contributed by atoms with van der Waals surface area (Å²) in [5.41, 5.74) is 1.15. The second kappa shape index (κ2) is 7.09. The molecule has 0 spiro atoms. The Bertz CT molecular complexity index is 460. The summed E-state index contributed by atoms with van der Waals surface area (Å²) in [6.45, 7) is 7.08. The van der Waals surface area contributed by atoms with Crippen LogP contribution in [0.2, 0.25) is 5.02 Å². The third-order valence-electron chi connectivity index (χ3n) is 4.08. The fraction of sp³-hybridized carbons (Fsp3) is 0.562. The molecule has 0 bridgehead atoms. The van der Waals surface area contributed by atoms with Crippen LogP contribution in [0.25, 0.3) is 0 Å². The molecule has 4 heteroatoms. The normalized spacial score (nSPS) is 19.2. The third-order valence-corrected chi connectivity index (χ3v) is 4.43. The minimum Gasteiger partial charge on any atom is -0.342 e. The minimum atomic E-state index is 0.217. The average Bonchev–Trinajstić information content (AvgIpc) is 2.88. The van der Waals surface area contributed by atoms with E-state index in [0.29, 0.717) is 6.54 Å². The van der Waals surface area contributed by atoms with Crippen molar-refractivity contribution in [3.05, 3.63) is 34.9 Å². The summed E-state index contributed by atoms with van der Waals surface area (Å²) >= 11 is 6.30. The molecule has 0 aliphatic carbocycles. The van der Waals surface area contributed by atoms with Crippen molar-refractivity contribution < 1.29 is 4.79 Å². The second-order valence-electron chi connectivity index (χ2n) is 5.22. The van der Waals surface area contributed by atoms with Gasteiger partial charge in [-0.1, -0.05) is 29.8 Å². The highest BCUT2D eigenvalue weighted by atomic mass is 35.5. The molecule has 110 valence electrons. The Hall–Kier alpha value is -1.06. The van der Waals surface area contributed by atoms with E-state index in [9.17, 15) is 4.79 Å². The van der Waals surface area contributed by atoms with Gasteiger partial charge in [-0.15, -0.1) is 0 Å². The Morgan fingerprint density at radius 1 is 1.35 bits per heavy atom. The zero-order valence-electron chi connectivity index (χ0n) is 12.3. The molecule has 1 fully saturated rings. The van der Waals surface area contributed by atoms with E-state index >= 15 is 0 Å². The largest absolute Gasteiger partial charge is 0.342 e. The number of carbonyl (C=O) groups is 1. The van der Waals surface area contributed by atoms with E-state index in [1.54, 1.807) is 0 Å². The average molecular weight is 295 g/mol. The van der Waals surface area contributed by atoms with E-state index in [1.807, 2.05) is 36.9 Å². The quantitative estimate of drug-likeness (QED) is 0.831. The number of amides is 1. The van der Waals surface area contributed by atoms with Gasteiger partial charge >= 0.3 is 0 Å². The van der Waals surface area contributed by atoms with Crippen LogP contribution in [0.3, 0.4) is 0 Å². The smallest absolute Gasteiger partial charge is 0.236 e. The van der Waals surface area contributed by atoms with Gasteiger partial charge in [-0.3, -0.25) is 9.69 Å². The maximum atomic E-state index is 12.3. The third kappa shape index (κ3) is 3.33. The minimum absolute atomic E-state index is 0.217. The van der Waals surface area contributed by atoms with Gasteiger partial charge in [0.15, 0.2) is 0 Å². The Morgan fingerprint density at radius 3 is 2.70 bits per heavy atom. The standard InChI is InChI=1S/C16H23ClN2O/c1-3-18(4-2)16(20)12-19-11-7-10-15(19)13-8-5-6-9-14(13)17/h5-6,8-9,15H,3-4,7,10-12H2,1-2H3. The van der Waals surface area contributed by atoms with Crippen LogP contribution in [0, 0.1) is 0 Å². The van der Waals surface area contributed by atoms with Gasteiger partial charge in [-0.2, -0.15) is 0 Å². The number of halogens is 1. The lowest BCUT2D eigenvalue weighted by molar-refractivity contribution is -0.132. The molecule has 1 aromatic rings. The molecule has 0 saturated carbocycles. The van der Waals surface area contributed by atoms with E-state index in [4.69, 9.17) is 11.6 Å². The zero-order valence-corrected chi connectivity index (χ0v) is 13.1. The van der Waals surface area contributed by atoms with Crippen LogP contribution in [0.15, 0.2) is 24.3 Å². The van der Waals surface area contributed by atoms with Gasteiger partial charge in [-0.25, -0.2) is 0 Å². The first-order valence-corrected chi connectivity index (χ1v) is 7.81. The van der Waals surface area contributed by atoms with E-state index in [1.165, 1.54) is 0 Å². The maximum Gasteiger partial charge on any atom is 0.236 e. The van der Waals surface area contributed by atoms with Gasteiger partial charge < -0.3 is 4.90 Å². The van der Waals surface area contributed by atoms with Crippen molar-refractivity contribution in [2.75, 3.05) is 26.2 Å². The first-order valence-electron chi connectivity index (χ1n) is 7.43. The summed E-state index contributed by atoms with van der Waals surface area (Å²) in [6, 6.07) is 8.26. The molecule has 2 rings (SSSR count). The Morgan fingerprint density at radius 2 is 2.05 bits per heavy atom. The molecule has 0 radical (unpaired) electrons. The highest BCUT2D eigenvalue weighted by Gasteiger charge is 2.29. The van der Waals surface area contributed by atoms with Crippen LogP contribution in [0.5, 0.6) is 0 Å². The number of likely N-dealkylation sites (N-methyl/N-ethyl adjacent to an activating group) is 1. The number of hydrogen-bond acceptors (Lipinski definition) is 2. The van der Waals surface area contributed by atoms with Crippen molar-refractivity contribution >= 4 is 17.5 Å². The molecule has 0 N–H and O–H groups in total. The van der Waals surface area contributed by atoms with E-state index < -0.39 is 0 Å². The van der Waals surface area contributed by atoms with Gasteiger partial charge in [0, 0.05) is 24.2 Å². The highest BCUT2D eigenvalue weighted by Crippen LogP contribution is 2.35. The fourth-order valence-corrected chi connectivity index (χ4v) is 3.22. The van der Waals surface area contributed by atoms with Gasteiger partial charge in [0.25, 0.3) is 0 Å². The summed E-state index contributed by atoms with van der Waals surface area (Å²) < 4.78 is 0. The first-order chi connectivity index (χ1) is 9.67. The summed E-state index contributed by atoms with van der Waals surface area (Å²) in [6.07, 6.45) is 2.21. The van der Waals surface area contributed by atoms with Gasteiger partial charge in [0.1, 0.15) is 0 Å². The van der Waals surface area contributed by atoms with Crippen molar-refractivity contribution in [3.63, 3.8) is 0 Å². The van der Waals surface area contributed by atoms with Crippen molar-refractivity contribution in [2.45, 2.75) is 32.7 Å². The van der Waals surface area contributed by atoms with Crippen LogP contribution >= 0.6 is 11.6 Å². The van der Waals surface area contributed by atoms with Crippen molar-refractivity contribution in [3.8, 4) is 0 Å². The lowest BCUT2D eigenvalue weighted by Crippen LogP contribution is -2.40. The van der Waals surface area contributed by atoms with Crippen LogP contribution in [0.4, 0.5) is 0 Å². The van der Waals surface area contributed by atoms with Crippen molar-refractivity contribution in [2.24, 2.45) is 0 Å². The number of rotatable bonds is 5. The number of hydrogen-bond donors (Lipinski definition) is 0. The molecule has 1 aliphatic rings. The number of likely N-dealkylation sites (tertiary alicyclic amines) is 1. The van der Waals surface area contributed by atoms with Crippen molar-refractivity contribution in [1.82, 2.24) is 9.80 Å². The molecule has 1 atom stereocenters. The Kier molecular flexibility index (Phi) is 5.44. The second-order valence-corrected chi connectivity index (χ2v) is 5.62. The van der Waals surface area contributed by atoms with Crippen LogP contribution in [-0.4, -0.2) is 41.9 Å².